The predicted octanol–water partition coefficient (Wildman–Crippen LogP) is 9.52. The van der Waals surface area contributed by atoms with E-state index in [1.54, 1.807) is 13.8 Å². The Labute approximate surface area is 364 Å². The van der Waals surface area contributed by atoms with E-state index in [2.05, 4.69) is 53.4 Å². The van der Waals surface area contributed by atoms with E-state index in [-0.39, 0.29) is 57.7 Å². The molecular formula is C50H73ClN2O7. The Morgan fingerprint density at radius 3 is 2.28 bits per heavy atom. The summed E-state index contributed by atoms with van der Waals surface area (Å²) in [6.07, 6.45) is 8.25. The quantitative estimate of drug-likeness (QED) is 0.188. The topological polar surface area (TPSA) is 124 Å². The molecule has 5 fully saturated rings. The molecule has 1 aromatic carbocycles. The zero-order valence-electron chi connectivity index (χ0n) is 38.0. The van der Waals surface area contributed by atoms with Crippen molar-refractivity contribution in [3.63, 3.8) is 0 Å². The Balaban J connectivity index is 1.16. The Kier molecular flexibility index (Phi) is 12.2. The van der Waals surface area contributed by atoms with Crippen LogP contribution in [0.3, 0.4) is 0 Å². The fourth-order valence-electron chi connectivity index (χ4n) is 14.6. The van der Waals surface area contributed by atoms with Crippen LogP contribution in [0, 0.1) is 56.2 Å². The number of hydrogen-bond donors (Lipinski definition) is 2. The number of carbonyl (C=O) groups is 4. The maximum atomic E-state index is 14.4. The number of ether oxygens (including phenoxy) is 1. The van der Waals surface area contributed by atoms with Crippen LogP contribution in [0.2, 0.25) is 5.02 Å². The van der Waals surface area contributed by atoms with Crippen molar-refractivity contribution in [2.24, 2.45) is 56.2 Å². The Hall–Kier alpha value is -2.75. The van der Waals surface area contributed by atoms with E-state index < -0.39 is 28.9 Å². The summed E-state index contributed by atoms with van der Waals surface area (Å²) in [5, 5.41) is 23.1. The van der Waals surface area contributed by atoms with E-state index in [4.69, 9.17) is 16.3 Å². The van der Waals surface area contributed by atoms with Gasteiger partial charge in [0, 0.05) is 61.4 Å². The molecule has 2 N–H and O–H groups in total. The van der Waals surface area contributed by atoms with Crippen molar-refractivity contribution in [1.82, 2.24) is 9.80 Å². The number of halogens is 1. The molecule has 1 aromatic rings. The first-order chi connectivity index (χ1) is 28.0. The molecule has 9 nitrogen and oxygen atoms in total. The fourth-order valence-corrected chi connectivity index (χ4v) is 14.7. The van der Waals surface area contributed by atoms with Crippen molar-refractivity contribution in [1.29, 1.82) is 0 Å². The lowest BCUT2D eigenvalue weighted by Gasteiger charge is -2.72. The zero-order chi connectivity index (χ0) is 43.8. The van der Waals surface area contributed by atoms with Gasteiger partial charge in [-0.25, -0.2) is 0 Å². The van der Waals surface area contributed by atoms with Gasteiger partial charge in [0.05, 0.1) is 17.9 Å². The minimum Gasteiger partial charge on any atom is -0.481 e. The second-order valence-electron chi connectivity index (χ2n) is 22.4. The van der Waals surface area contributed by atoms with Gasteiger partial charge in [-0.05, 0) is 135 Å². The highest BCUT2D eigenvalue weighted by atomic mass is 35.5. The Bertz CT molecular complexity index is 1890. The van der Waals surface area contributed by atoms with Gasteiger partial charge < -0.3 is 19.8 Å². The molecule has 1 heterocycles. The highest BCUT2D eigenvalue weighted by Crippen LogP contribution is 2.77. The number of aliphatic hydroxyl groups excluding tert-OH is 1. The standard InChI is InChI=1S/C50H73ClN2O7/c1-31(2)42-35(54)27-50(38(55)30-52(25-26-53-24-10-11-40(53)56)29-32-12-14-33(51)15-13-32)23-22-48(8)34(43(42)50)16-17-37-47(7)20-19-39(60-41(57)28-45(3,4)44(58)59)46(5,6)36(47)18-21-49(37,48)9/h12-15,31,34,36-39,55H,10-11,16-30H2,1-9H3,(H,58,59)/t34-,36+,37-,38+,39+,47+,48-,49-,50+/m1/s1. The molecule has 5 aliphatic carbocycles. The van der Waals surface area contributed by atoms with Crippen molar-refractivity contribution in [3.05, 3.63) is 46.0 Å². The van der Waals surface area contributed by atoms with Crippen LogP contribution in [-0.2, 0) is 30.5 Å². The molecule has 0 radical (unpaired) electrons. The van der Waals surface area contributed by atoms with Crippen molar-refractivity contribution < 1.29 is 34.1 Å². The summed E-state index contributed by atoms with van der Waals surface area (Å²) in [7, 11) is 0. The predicted molar refractivity (Wildman–Crippen MR) is 234 cm³/mol. The van der Waals surface area contributed by atoms with Crippen LogP contribution in [-0.4, -0.2) is 82.0 Å². The maximum absolute atomic E-state index is 14.4. The zero-order valence-corrected chi connectivity index (χ0v) is 38.8. The Morgan fingerprint density at radius 2 is 1.65 bits per heavy atom. The highest BCUT2D eigenvalue weighted by Gasteiger charge is 2.71. The number of aliphatic carboxylic acids is 1. The van der Waals surface area contributed by atoms with Crippen molar-refractivity contribution in [2.45, 2.75) is 158 Å². The van der Waals surface area contributed by atoms with Crippen LogP contribution in [0.1, 0.15) is 145 Å². The number of rotatable bonds is 13. The van der Waals surface area contributed by atoms with Crippen molar-refractivity contribution in [3.8, 4) is 0 Å². The lowest BCUT2D eigenvalue weighted by molar-refractivity contribution is -0.235. The molecule has 9 atom stereocenters. The van der Waals surface area contributed by atoms with E-state index in [1.807, 2.05) is 29.2 Å². The van der Waals surface area contributed by atoms with Gasteiger partial charge in [-0.2, -0.15) is 0 Å². The average molecular weight is 850 g/mol. The number of amides is 1. The number of nitrogens with zero attached hydrogens (tertiary/aromatic N) is 2. The van der Waals surface area contributed by atoms with Gasteiger partial charge in [-0.1, -0.05) is 77.8 Å². The third-order valence-electron chi connectivity index (χ3n) is 18.1. The molecule has 10 heteroatoms. The number of likely N-dealkylation sites (tertiary alicyclic amines) is 1. The van der Waals surface area contributed by atoms with Crippen LogP contribution >= 0.6 is 11.6 Å². The van der Waals surface area contributed by atoms with Gasteiger partial charge in [0.1, 0.15) is 6.10 Å². The normalized spacial score (nSPS) is 35.6. The van der Waals surface area contributed by atoms with Gasteiger partial charge in [-0.15, -0.1) is 0 Å². The van der Waals surface area contributed by atoms with Crippen molar-refractivity contribution >= 4 is 35.2 Å². The molecule has 6 aliphatic rings. The van der Waals surface area contributed by atoms with Crippen LogP contribution < -0.4 is 0 Å². The minimum absolute atomic E-state index is 0.00694. The van der Waals surface area contributed by atoms with Crippen LogP contribution in [0.5, 0.6) is 0 Å². The molecule has 1 aliphatic heterocycles. The SMILES string of the molecule is CC(C)C1=C2[C@H]3CC[C@@H]4[C@@]5(C)CC[C@H](OC(=O)CC(C)(C)C(=O)O)C(C)(C)[C@@H]5CC[C@@]4(C)[C@]3(C)CC[C@@]2([C@@H](O)CN(CCN2CCCC2=O)Cc2ccc(Cl)cc2)CC1=O. The van der Waals surface area contributed by atoms with Gasteiger partial charge >= 0.3 is 11.9 Å². The molecule has 332 valence electrons. The van der Waals surface area contributed by atoms with Crippen molar-refractivity contribution in [2.75, 3.05) is 26.2 Å². The summed E-state index contributed by atoms with van der Waals surface area (Å²) in [5.74, 6) is 0.0288. The molecule has 60 heavy (non-hydrogen) atoms. The number of fused-ring (bicyclic) bond motifs is 7. The first-order valence-electron chi connectivity index (χ1n) is 23.1. The number of carboxylic acid groups (broad SMARTS) is 1. The maximum Gasteiger partial charge on any atom is 0.309 e. The smallest absolute Gasteiger partial charge is 0.309 e. The molecule has 1 saturated heterocycles. The summed E-state index contributed by atoms with van der Waals surface area (Å²) >= 11 is 6.27. The number of carbonyl (C=O) groups excluding carboxylic acids is 3. The van der Waals surface area contributed by atoms with E-state index >= 15 is 0 Å². The molecule has 0 unspecified atom stereocenters. The third-order valence-corrected chi connectivity index (χ3v) is 18.4. The molecule has 0 aromatic heterocycles. The Morgan fingerprint density at radius 1 is 0.950 bits per heavy atom. The summed E-state index contributed by atoms with van der Waals surface area (Å²) in [6, 6.07) is 7.87. The molecule has 0 spiro atoms. The largest absolute Gasteiger partial charge is 0.481 e. The monoisotopic (exact) mass is 849 g/mol. The molecule has 0 bridgehead atoms. The summed E-state index contributed by atoms with van der Waals surface area (Å²) < 4.78 is 6.20. The van der Waals surface area contributed by atoms with Gasteiger partial charge in [-0.3, -0.25) is 24.1 Å². The molecule has 7 rings (SSSR count). The highest BCUT2D eigenvalue weighted by molar-refractivity contribution is 6.30. The second-order valence-corrected chi connectivity index (χ2v) is 22.9. The lowest BCUT2D eigenvalue weighted by Crippen LogP contribution is -2.66. The van der Waals surface area contributed by atoms with E-state index in [9.17, 15) is 29.4 Å². The second kappa shape index (κ2) is 16.1. The number of allylic oxidation sites excluding steroid dienone is 1. The number of benzene rings is 1. The van der Waals surface area contributed by atoms with Crippen LogP contribution in [0.25, 0.3) is 0 Å². The van der Waals surface area contributed by atoms with Crippen LogP contribution in [0.4, 0.5) is 0 Å². The number of esters is 1. The first-order valence-corrected chi connectivity index (χ1v) is 23.5. The van der Waals surface area contributed by atoms with Gasteiger partial charge in [0.25, 0.3) is 0 Å². The number of aliphatic hydroxyl groups is 1. The summed E-state index contributed by atoms with van der Waals surface area (Å²) in [5.41, 5.74) is 1.22. The van der Waals surface area contributed by atoms with Gasteiger partial charge in [0.2, 0.25) is 5.91 Å². The summed E-state index contributed by atoms with van der Waals surface area (Å²) in [6.45, 7) is 22.7. The first kappa shape index (κ1) is 45.3. The lowest BCUT2D eigenvalue weighted by atomic mass is 9.33. The summed E-state index contributed by atoms with van der Waals surface area (Å²) in [4.78, 5) is 56.3. The third kappa shape index (κ3) is 7.50. The number of hydrogen-bond acceptors (Lipinski definition) is 7. The minimum atomic E-state index is -1.18. The number of carboxylic acids is 1. The van der Waals surface area contributed by atoms with Gasteiger partial charge in [0.15, 0.2) is 5.78 Å². The van der Waals surface area contributed by atoms with E-state index in [0.717, 1.165) is 75.5 Å². The molecular weight excluding hydrogens is 776 g/mol. The fraction of sp³-hybridized carbons (Fsp3) is 0.760. The van der Waals surface area contributed by atoms with E-state index in [0.29, 0.717) is 55.9 Å². The van der Waals surface area contributed by atoms with Crippen LogP contribution in [0.15, 0.2) is 35.4 Å². The number of ketones is 1. The molecule has 1 amide bonds. The number of Topliss-reactive ketones (excluding diaryl/α,β-unsaturated/α-hetero) is 1. The molecule has 4 saturated carbocycles. The van der Waals surface area contributed by atoms with E-state index in [1.165, 1.54) is 5.57 Å². The average Bonchev–Trinajstić information content (AvgIpc) is 3.72.